The highest BCUT2D eigenvalue weighted by Gasteiger charge is 2.20. The van der Waals surface area contributed by atoms with E-state index in [0.717, 1.165) is 28.9 Å². The van der Waals surface area contributed by atoms with Crippen LogP contribution < -0.4 is 11.3 Å². The minimum absolute atomic E-state index is 0.0797. The van der Waals surface area contributed by atoms with Gasteiger partial charge < -0.3 is 4.98 Å². The van der Waals surface area contributed by atoms with Crippen LogP contribution in [-0.2, 0) is 13.5 Å². The molecule has 1 aromatic carbocycles. The molecule has 0 aliphatic heterocycles. The van der Waals surface area contributed by atoms with E-state index in [1.807, 2.05) is 30.1 Å². The Morgan fingerprint density at radius 3 is 2.90 bits per heavy atom. The van der Waals surface area contributed by atoms with Crippen LogP contribution >= 0.6 is 0 Å². The van der Waals surface area contributed by atoms with Crippen LogP contribution in [0.4, 0.5) is 0 Å². The first-order valence-corrected chi connectivity index (χ1v) is 6.79. The fraction of sp³-hybridized carbons (Fsp3) is 0.267. The standard InChI is InChI=1S/C15H19N5/c1-3-10-8-14(20(2)19-10)15(18-16)12-9-17-13-7-5-4-6-11(12)13/h4-9,15,17-18H,3,16H2,1-2H3. The van der Waals surface area contributed by atoms with Gasteiger partial charge in [-0.15, -0.1) is 0 Å². The number of aromatic nitrogens is 3. The molecule has 104 valence electrons. The van der Waals surface area contributed by atoms with Crippen LogP contribution in [0.2, 0.25) is 0 Å². The van der Waals surface area contributed by atoms with Crippen molar-refractivity contribution in [2.45, 2.75) is 19.4 Å². The summed E-state index contributed by atoms with van der Waals surface area (Å²) in [6.45, 7) is 2.10. The molecule has 0 aliphatic carbocycles. The van der Waals surface area contributed by atoms with Crippen molar-refractivity contribution in [1.82, 2.24) is 20.2 Å². The number of benzene rings is 1. The zero-order chi connectivity index (χ0) is 14.1. The molecule has 2 aromatic heterocycles. The molecule has 0 bridgehead atoms. The summed E-state index contributed by atoms with van der Waals surface area (Å²) in [6, 6.07) is 10.2. The summed E-state index contributed by atoms with van der Waals surface area (Å²) in [7, 11) is 1.95. The van der Waals surface area contributed by atoms with Gasteiger partial charge in [-0.1, -0.05) is 25.1 Å². The van der Waals surface area contributed by atoms with Crippen molar-refractivity contribution in [3.05, 3.63) is 53.5 Å². The Kier molecular flexibility index (Phi) is 3.30. The number of nitrogens with two attached hydrogens (primary N) is 1. The van der Waals surface area contributed by atoms with E-state index in [1.54, 1.807) is 0 Å². The largest absolute Gasteiger partial charge is 0.361 e. The molecule has 0 saturated carbocycles. The molecule has 0 saturated heterocycles. The average Bonchev–Trinajstić information content (AvgIpc) is 3.05. The van der Waals surface area contributed by atoms with Gasteiger partial charge in [-0.2, -0.15) is 5.10 Å². The maximum Gasteiger partial charge on any atom is 0.0898 e. The van der Waals surface area contributed by atoms with Crippen LogP contribution in [0.15, 0.2) is 36.5 Å². The minimum Gasteiger partial charge on any atom is -0.361 e. The van der Waals surface area contributed by atoms with Gasteiger partial charge in [0.25, 0.3) is 0 Å². The second-order valence-corrected chi connectivity index (χ2v) is 4.93. The molecule has 3 aromatic rings. The second kappa shape index (κ2) is 5.11. The Morgan fingerprint density at radius 1 is 1.40 bits per heavy atom. The molecular weight excluding hydrogens is 250 g/mol. The Bertz CT molecular complexity index is 725. The summed E-state index contributed by atoms with van der Waals surface area (Å²) in [4.78, 5) is 3.29. The number of fused-ring (bicyclic) bond motifs is 1. The molecule has 4 N–H and O–H groups in total. The summed E-state index contributed by atoms with van der Waals surface area (Å²) >= 11 is 0. The molecule has 3 rings (SSSR count). The maximum absolute atomic E-state index is 5.80. The molecule has 1 atom stereocenters. The summed E-state index contributed by atoms with van der Waals surface area (Å²) in [6.07, 6.45) is 2.92. The number of H-pyrrole nitrogens is 1. The van der Waals surface area contributed by atoms with E-state index < -0.39 is 0 Å². The van der Waals surface area contributed by atoms with Crippen molar-refractivity contribution >= 4 is 10.9 Å². The molecule has 5 nitrogen and oxygen atoms in total. The van der Waals surface area contributed by atoms with Crippen LogP contribution in [0.5, 0.6) is 0 Å². The number of hydrogen-bond acceptors (Lipinski definition) is 3. The monoisotopic (exact) mass is 269 g/mol. The summed E-state index contributed by atoms with van der Waals surface area (Å²) in [5.41, 5.74) is 7.29. The van der Waals surface area contributed by atoms with Gasteiger partial charge in [0.05, 0.1) is 17.4 Å². The molecule has 1 unspecified atom stereocenters. The van der Waals surface area contributed by atoms with E-state index in [1.165, 1.54) is 5.39 Å². The number of nitrogens with zero attached hydrogens (tertiary/aromatic N) is 2. The minimum atomic E-state index is -0.0797. The highest BCUT2D eigenvalue weighted by atomic mass is 15.3. The molecule has 0 radical (unpaired) electrons. The first kappa shape index (κ1) is 12.9. The molecule has 0 aliphatic rings. The smallest absolute Gasteiger partial charge is 0.0898 e. The summed E-state index contributed by atoms with van der Waals surface area (Å²) in [5.74, 6) is 5.80. The molecule has 20 heavy (non-hydrogen) atoms. The van der Waals surface area contributed by atoms with Gasteiger partial charge in [0.1, 0.15) is 0 Å². The van der Waals surface area contributed by atoms with E-state index in [0.29, 0.717) is 0 Å². The van der Waals surface area contributed by atoms with Crippen LogP contribution in [0.3, 0.4) is 0 Å². The average molecular weight is 269 g/mol. The van der Waals surface area contributed by atoms with E-state index in [-0.39, 0.29) is 6.04 Å². The Hall–Kier alpha value is -2.11. The maximum atomic E-state index is 5.80. The molecule has 0 fully saturated rings. The van der Waals surface area contributed by atoms with Crippen LogP contribution in [0.1, 0.15) is 29.9 Å². The first-order valence-electron chi connectivity index (χ1n) is 6.79. The van der Waals surface area contributed by atoms with E-state index in [2.05, 4.69) is 40.6 Å². The molecule has 5 heteroatoms. The number of hydrogen-bond donors (Lipinski definition) is 3. The summed E-state index contributed by atoms with van der Waals surface area (Å²) < 4.78 is 1.89. The highest BCUT2D eigenvalue weighted by Crippen LogP contribution is 2.28. The number of hydrazine groups is 1. The van der Waals surface area contributed by atoms with Gasteiger partial charge in [-0.25, -0.2) is 5.43 Å². The quantitative estimate of drug-likeness (QED) is 0.501. The van der Waals surface area contributed by atoms with Crippen LogP contribution in [0, 0.1) is 0 Å². The fourth-order valence-electron chi connectivity index (χ4n) is 2.65. The number of aromatic amines is 1. The van der Waals surface area contributed by atoms with Gasteiger partial charge in [0.2, 0.25) is 0 Å². The van der Waals surface area contributed by atoms with Crippen molar-refractivity contribution in [2.24, 2.45) is 12.9 Å². The first-order chi connectivity index (χ1) is 9.74. The van der Waals surface area contributed by atoms with Crippen molar-refractivity contribution in [3.8, 4) is 0 Å². The zero-order valence-corrected chi connectivity index (χ0v) is 11.7. The Balaban J connectivity index is 2.11. The molecule has 0 amide bonds. The van der Waals surface area contributed by atoms with Crippen molar-refractivity contribution in [1.29, 1.82) is 0 Å². The lowest BCUT2D eigenvalue weighted by molar-refractivity contribution is 0.576. The second-order valence-electron chi connectivity index (χ2n) is 4.93. The third-order valence-electron chi connectivity index (χ3n) is 3.72. The molecule has 0 spiro atoms. The van der Waals surface area contributed by atoms with Gasteiger partial charge in [0.15, 0.2) is 0 Å². The topological polar surface area (TPSA) is 71.7 Å². The Morgan fingerprint density at radius 2 is 2.20 bits per heavy atom. The molecular formula is C15H19N5. The fourth-order valence-corrected chi connectivity index (χ4v) is 2.65. The van der Waals surface area contributed by atoms with E-state index in [9.17, 15) is 0 Å². The lowest BCUT2D eigenvalue weighted by Gasteiger charge is -2.15. The third-order valence-corrected chi connectivity index (χ3v) is 3.72. The third kappa shape index (κ3) is 2.01. The van der Waals surface area contributed by atoms with Gasteiger partial charge in [0, 0.05) is 29.7 Å². The normalized spacial score (nSPS) is 12.9. The van der Waals surface area contributed by atoms with E-state index >= 15 is 0 Å². The summed E-state index contributed by atoms with van der Waals surface area (Å²) in [5, 5.41) is 5.67. The number of aryl methyl sites for hydroxylation is 2. The highest BCUT2D eigenvalue weighted by molar-refractivity contribution is 5.84. The van der Waals surface area contributed by atoms with Crippen LogP contribution in [0.25, 0.3) is 10.9 Å². The van der Waals surface area contributed by atoms with E-state index in [4.69, 9.17) is 5.84 Å². The Labute approximate surface area is 117 Å². The predicted molar refractivity (Wildman–Crippen MR) is 80.1 cm³/mol. The molecule has 2 heterocycles. The lowest BCUT2D eigenvalue weighted by Crippen LogP contribution is -2.30. The number of para-hydroxylation sites is 1. The van der Waals surface area contributed by atoms with Gasteiger partial charge >= 0.3 is 0 Å². The van der Waals surface area contributed by atoms with Crippen molar-refractivity contribution in [2.75, 3.05) is 0 Å². The van der Waals surface area contributed by atoms with Crippen molar-refractivity contribution in [3.63, 3.8) is 0 Å². The van der Waals surface area contributed by atoms with Gasteiger partial charge in [-0.3, -0.25) is 10.5 Å². The lowest BCUT2D eigenvalue weighted by atomic mass is 10.0. The van der Waals surface area contributed by atoms with Crippen LogP contribution in [-0.4, -0.2) is 14.8 Å². The van der Waals surface area contributed by atoms with Gasteiger partial charge in [-0.05, 0) is 18.6 Å². The zero-order valence-electron chi connectivity index (χ0n) is 11.7. The SMILES string of the molecule is CCc1cc(C(NN)c2c[nH]c3ccccc23)n(C)n1. The number of rotatable bonds is 4. The number of nitrogens with one attached hydrogen (secondary N) is 2. The van der Waals surface area contributed by atoms with Crippen molar-refractivity contribution < 1.29 is 0 Å². The predicted octanol–water partition coefficient (Wildman–Crippen LogP) is 2.02.